The Morgan fingerprint density at radius 1 is 1.53 bits per heavy atom. The molecule has 0 bridgehead atoms. The molecule has 4 heteroatoms. The zero-order valence-corrected chi connectivity index (χ0v) is 8.52. The van der Waals surface area contributed by atoms with Crippen molar-refractivity contribution in [3.05, 3.63) is 23.8 Å². The lowest BCUT2D eigenvalue weighted by Crippen LogP contribution is -2.23. The van der Waals surface area contributed by atoms with E-state index in [4.69, 9.17) is 10.00 Å². The molecule has 0 radical (unpaired) electrons. The normalized spacial score (nSPS) is 18.6. The molecular formula is C11H10N2O2. The number of benzene rings is 1. The summed E-state index contributed by atoms with van der Waals surface area (Å²) >= 11 is 0. The number of nitriles is 1. The number of methoxy groups -OCH3 is 1. The van der Waals surface area contributed by atoms with Crippen LogP contribution in [0, 0.1) is 11.3 Å². The Bertz CT molecular complexity index is 462. The van der Waals surface area contributed by atoms with E-state index < -0.39 is 5.92 Å². The lowest BCUT2D eigenvalue weighted by molar-refractivity contribution is -0.117. The smallest absolute Gasteiger partial charge is 0.248 e. The van der Waals surface area contributed by atoms with Gasteiger partial charge >= 0.3 is 0 Å². The third kappa shape index (κ3) is 1.24. The van der Waals surface area contributed by atoms with Crippen LogP contribution in [0.15, 0.2) is 18.2 Å². The lowest BCUT2D eigenvalue weighted by atomic mass is 10.0. The molecule has 1 unspecified atom stereocenters. The van der Waals surface area contributed by atoms with Crippen LogP contribution in [0.5, 0.6) is 5.75 Å². The number of nitrogens with zero attached hydrogens (tertiary/aromatic N) is 2. The molecule has 4 nitrogen and oxygen atoms in total. The second-order valence-electron chi connectivity index (χ2n) is 3.38. The van der Waals surface area contributed by atoms with Crippen molar-refractivity contribution < 1.29 is 9.53 Å². The van der Waals surface area contributed by atoms with Crippen LogP contribution in [0.2, 0.25) is 0 Å². The summed E-state index contributed by atoms with van der Waals surface area (Å²) in [5, 5.41) is 8.93. The second kappa shape index (κ2) is 3.28. The predicted octanol–water partition coefficient (Wildman–Crippen LogP) is 1.28. The van der Waals surface area contributed by atoms with Gasteiger partial charge in [0.05, 0.1) is 13.2 Å². The number of carbonyl (C=O) groups excluding carboxylic acids is 1. The van der Waals surface area contributed by atoms with Gasteiger partial charge in [0.2, 0.25) is 5.91 Å². The van der Waals surface area contributed by atoms with Crippen molar-refractivity contribution in [2.75, 3.05) is 19.1 Å². The fourth-order valence-electron chi connectivity index (χ4n) is 1.77. The largest absolute Gasteiger partial charge is 0.497 e. The van der Waals surface area contributed by atoms with E-state index in [9.17, 15) is 4.79 Å². The molecule has 15 heavy (non-hydrogen) atoms. The Hall–Kier alpha value is -2.02. The lowest BCUT2D eigenvalue weighted by Gasteiger charge is -2.09. The van der Waals surface area contributed by atoms with Crippen molar-refractivity contribution in [2.45, 2.75) is 5.92 Å². The molecule has 0 saturated carbocycles. The van der Waals surface area contributed by atoms with Gasteiger partial charge in [-0.2, -0.15) is 5.26 Å². The van der Waals surface area contributed by atoms with Gasteiger partial charge in [0.25, 0.3) is 0 Å². The number of likely N-dealkylation sites (N-methyl/N-ethyl adjacent to an activating group) is 1. The summed E-state index contributed by atoms with van der Waals surface area (Å²) in [7, 11) is 3.23. The Labute approximate surface area is 87.7 Å². The molecule has 1 aromatic rings. The molecule has 0 saturated heterocycles. The number of ether oxygens (including phenoxy) is 1. The number of carbonyl (C=O) groups is 1. The van der Waals surface area contributed by atoms with Gasteiger partial charge in [-0.1, -0.05) is 0 Å². The Morgan fingerprint density at radius 2 is 2.27 bits per heavy atom. The summed E-state index contributed by atoms with van der Waals surface area (Å²) in [4.78, 5) is 13.2. The Morgan fingerprint density at radius 3 is 2.87 bits per heavy atom. The van der Waals surface area contributed by atoms with Gasteiger partial charge in [-0.25, -0.2) is 0 Å². The summed E-state index contributed by atoms with van der Waals surface area (Å²) in [5.41, 5.74) is 1.51. The van der Waals surface area contributed by atoms with Crippen molar-refractivity contribution in [3.8, 4) is 11.8 Å². The van der Waals surface area contributed by atoms with Crippen LogP contribution in [0.3, 0.4) is 0 Å². The SMILES string of the molecule is COc1ccc2c(c1)C(C#N)C(=O)N2C. The van der Waals surface area contributed by atoms with Gasteiger partial charge in [0.1, 0.15) is 5.75 Å². The van der Waals surface area contributed by atoms with Gasteiger partial charge in [-0.05, 0) is 18.2 Å². The third-order valence-corrected chi connectivity index (χ3v) is 2.61. The first kappa shape index (κ1) is 9.53. The molecule has 0 N–H and O–H groups in total. The highest BCUT2D eigenvalue weighted by molar-refractivity contribution is 6.06. The van der Waals surface area contributed by atoms with Crippen LogP contribution in [-0.4, -0.2) is 20.1 Å². The molecule has 0 aliphatic carbocycles. The third-order valence-electron chi connectivity index (χ3n) is 2.61. The van der Waals surface area contributed by atoms with E-state index in [-0.39, 0.29) is 5.91 Å². The molecule has 0 aromatic heterocycles. The van der Waals surface area contributed by atoms with Crippen molar-refractivity contribution >= 4 is 11.6 Å². The molecule has 1 heterocycles. The molecule has 0 spiro atoms. The zero-order chi connectivity index (χ0) is 11.0. The van der Waals surface area contributed by atoms with E-state index >= 15 is 0 Å². The average molecular weight is 202 g/mol. The highest BCUT2D eigenvalue weighted by atomic mass is 16.5. The highest BCUT2D eigenvalue weighted by Crippen LogP contribution is 2.37. The predicted molar refractivity (Wildman–Crippen MR) is 54.8 cm³/mol. The maximum absolute atomic E-state index is 11.7. The number of amides is 1. The monoisotopic (exact) mass is 202 g/mol. The van der Waals surface area contributed by atoms with Crippen LogP contribution in [0.4, 0.5) is 5.69 Å². The van der Waals surface area contributed by atoms with Gasteiger partial charge in [-0.15, -0.1) is 0 Å². The molecule has 1 aliphatic heterocycles. The fraction of sp³-hybridized carbons (Fsp3) is 0.273. The quantitative estimate of drug-likeness (QED) is 0.689. The van der Waals surface area contributed by atoms with Crippen molar-refractivity contribution in [1.29, 1.82) is 5.26 Å². The maximum atomic E-state index is 11.7. The Kier molecular flexibility index (Phi) is 2.09. The Balaban J connectivity index is 2.57. The van der Waals surface area contributed by atoms with Crippen molar-refractivity contribution in [1.82, 2.24) is 0 Å². The van der Waals surface area contributed by atoms with E-state index in [1.807, 2.05) is 6.07 Å². The van der Waals surface area contributed by atoms with Crippen LogP contribution >= 0.6 is 0 Å². The van der Waals surface area contributed by atoms with E-state index in [1.54, 1.807) is 32.4 Å². The van der Waals surface area contributed by atoms with Crippen molar-refractivity contribution in [3.63, 3.8) is 0 Å². The van der Waals surface area contributed by atoms with Crippen molar-refractivity contribution in [2.24, 2.45) is 0 Å². The second-order valence-corrected chi connectivity index (χ2v) is 3.38. The average Bonchev–Trinajstić information content (AvgIpc) is 2.51. The number of hydrogen-bond donors (Lipinski definition) is 0. The molecule has 0 fully saturated rings. The summed E-state index contributed by atoms with van der Waals surface area (Å²) in [5.74, 6) is -0.210. The molecule has 2 rings (SSSR count). The minimum atomic E-state index is -0.694. The first-order valence-corrected chi connectivity index (χ1v) is 4.54. The zero-order valence-electron chi connectivity index (χ0n) is 8.52. The summed E-state index contributed by atoms with van der Waals surface area (Å²) in [6.07, 6.45) is 0. The molecule has 1 aromatic carbocycles. The van der Waals surface area contributed by atoms with Gasteiger partial charge < -0.3 is 9.64 Å². The van der Waals surface area contributed by atoms with Crippen LogP contribution < -0.4 is 9.64 Å². The van der Waals surface area contributed by atoms with Gasteiger partial charge in [-0.3, -0.25) is 4.79 Å². The topological polar surface area (TPSA) is 53.3 Å². The number of hydrogen-bond acceptors (Lipinski definition) is 3. The highest BCUT2D eigenvalue weighted by Gasteiger charge is 2.35. The van der Waals surface area contributed by atoms with E-state index in [0.717, 1.165) is 11.3 Å². The number of anilines is 1. The van der Waals surface area contributed by atoms with E-state index in [0.29, 0.717) is 5.75 Å². The summed E-state index contributed by atoms with van der Waals surface area (Å²) in [6, 6.07) is 7.32. The minimum Gasteiger partial charge on any atom is -0.497 e. The van der Waals surface area contributed by atoms with Gasteiger partial charge in [0, 0.05) is 18.3 Å². The van der Waals surface area contributed by atoms with Gasteiger partial charge in [0.15, 0.2) is 5.92 Å². The summed E-state index contributed by atoms with van der Waals surface area (Å²) in [6.45, 7) is 0. The standard InChI is InChI=1S/C11H10N2O2/c1-13-10-4-3-7(15-2)5-8(10)9(6-12)11(13)14/h3-5,9H,1-2H3. The molecule has 1 atom stereocenters. The van der Waals surface area contributed by atoms with E-state index in [2.05, 4.69) is 0 Å². The molecule has 1 aliphatic rings. The first-order chi connectivity index (χ1) is 7.19. The summed E-state index contributed by atoms with van der Waals surface area (Å²) < 4.78 is 5.06. The molecule has 1 amide bonds. The fourth-order valence-corrected chi connectivity index (χ4v) is 1.77. The van der Waals surface area contributed by atoms with Crippen LogP contribution in [0.1, 0.15) is 11.5 Å². The molecular weight excluding hydrogens is 192 g/mol. The first-order valence-electron chi connectivity index (χ1n) is 4.54. The van der Waals surface area contributed by atoms with Crippen LogP contribution in [-0.2, 0) is 4.79 Å². The maximum Gasteiger partial charge on any atom is 0.248 e. The van der Waals surface area contributed by atoms with Crippen LogP contribution in [0.25, 0.3) is 0 Å². The minimum absolute atomic E-state index is 0.180. The number of rotatable bonds is 1. The number of fused-ring (bicyclic) bond motifs is 1. The van der Waals surface area contributed by atoms with E-state index in [1.165, 1.54) is 4.90 Å². The molecule has 76 valence electrons.